The molecule has 1 aliphatic carbocycles. The number of nitrogens with zero attached hydrogens (tertiary/aromatic N) is 2. The summed E-state index contributed by atoms with van der Waals surface area (Å²) in [5.41, 5.74) is 2.77. The van der Waals surface area contributed by atoms with E-state index in [0.717, 1.165) is 16.4 Å². The molecule has 1 aromatic heterocycles. The lowest BCUT2D eigenvalue weighted by atomic mass is 9.76. The largest absolute Gasteiger partial charge is 0.495 e. The van der Waals surface area contributed by atoms with E-state index in [2.05, 4.69) is 73.9 Å². The highest BCUT2D eigenvalue weighted by Gasteiger charge is 2.52. The summed E-state index contributed by atoms with van der Waals surface area (Å²) in [4.78, 5) is 0. The first kappa shape index (κ1) is 18.6. The Bertz CT molecular complexity index is 727. The number of halogens is 1. The molecule has 1 aromatic carbocycles. The summed E-state index contributed by atoms with van der Waals surface area (Å²) in [7, 11) is -0.340. The Kier molecular flexibility index (Phi) is 5.32. The molecule has 4 nitrogen and oxygen atoms in total. The number of hydrogen-bond acceptors (Lipinski definition) is 3. The van der Waals surface area contributed by atoms with Crippen LogP contribution in [0.15, 0.2) is 18.3 Å². The molecule has 1 atom stereocenters. The zero-order valence-corrected chi connectivity index (χ0v) is 18.2. The van der Waals surface area contributed by atoms with Gasteiger partial charge in [-0.25, -0.2) is 4.45 Å². The highest BCUT2D eigenvalue weighted by atomic mass is 127. The molecule has 0 spiro atoms. The van der Waals surface area contributed by atoms with Crippen molar-refractivity contribution in [1.82, 2.24) is 9.55 Å². The van der Waals surface area contributed by atoms with Crippen molar-refractivity contribution in [2.75, 3.05) is 0 Å². The topological polar surface area (TPSA) is 36.3 Å². The third-order valence-corrected chi connectivity index (χ3v) is 6.69. The van der Waals surface area contributed by atoms with E-state index in [-0.39, 0.29) is 18.3 Å². The average Bonchev–Trinajstić information content (AvgIpc) is 3.28. The fraction of sp³-hybridized carbons (Fsp3) is 0.588. The van der Waals surface area contributed by atoms with Gasteiger partial charge in [0.15, 0.2) is 0 Å². The van der Waals surface area contributed by atoms with Crippen molar-refractivity contribution in [3.05, 3.63) is 23.9 Å². The van der Waals surface area contributed by atoms with Crippen molar-refractivity contribution in [1.29, 1.82) is 0 Å². The van der Waals surface area contributed by atoms with E-state index in [4.69, 9.17) is 9.31 Å². The van der Waals surface area contributed by atoms with Crippen molar-refractivity contribution in [3.8, 4) is 0 Å². The van der Waals surface area contributed by atoms with E-state index in [1.807, 2.05) is 10.6 Å². The minimum atomic E-state index is -0.340. The van der Waals surface area contributed by atoms with Crippen LogP contribution in [0.2, 0.25) is 0 Å². The lowest BCUT2D eigenvalue weighted by molar-refractivity contribution is 0.00578. The Morgan fingerprint density at radius 2 is 1.71 bits per heavy atom. The summed E-state index contributed by atoms with van der Waals surface area (Å²) in [5.74, 6) is 0. The van der Waals surface area contributed by atoms with E-state index in [9.17, 15) is 0 Å². The van der Waals surface area contributed by atoms with Crippen LogP contribution in [-0.2, 0) is 9.31 Å². The summed E-state index contributed by atoms with van der Waals surface area (Å²) < 4.78 is 14.4. The Morgan fingerprint density at radius 1 is 1.12 bits per heavy atom. The first-order valence-electron chi connectivity index (χ1n) is 8.46. The molecule has 1 unspecified atom stereocenters. The zero-order valence-electron chi connectivity index (χ0n) is 15.0. The third-order valence-electron chi connectivity index (χ3n) is 4.81. The van der Waals surface area contributed by atoms with Gasteiger partial charge in [-0.3, -0.25) is 0 Å². The fourth-order valence-electron chi connectivity index (χ4n) is 2.53. The maximum absolute atomic E-state index is 6.20. The van der Waals surface area contributed by atoms with Crippen LogP contribution in [0.25, 0.3) is 10.9 Å². The molecule has 130 valence electrons. The standard InChI is InChI=1S/C14H19BIN2O2P.C3H6/c1-9-6-11(10-8-17-18(21-16)12(10)7-9)15-19-13(2,3)14(4,5)20-15;1-2-3-1/h6-8,21H,1-5H3;1-3H2. The molecular formula is C17H25BIN2O2P. The molecule has 2 fully saturated rings. The van der Waals surface area contributed by atoms with Crippen LogP contribution in [0, 0.1) is 6.92 Å². The fourth-order valence-corrected chi connectivity index (χ4v) is 4.06. The van der Waals surface area contributed by atoms with Gasteiger partial charge in [-0.05, 0) is 73.8 Å². The molecule has 7 heteroatoms. The molecule has 0 amide bonds. The van der Waals surface area contributed by atoms with Crippen LogP contribution in [-0.4, -0.2) is 27.9 Å². The van der Waals surface area contributed by atoms with Crippen molar-refractivity contribution in [2.24, 2.45) is 0 Å². The Hall–Kier alpha value is -0.165. The van der Waals surface area contributed by atoms with Crippen LogP contribution in [0.1, 0.15) is 52.5 Å². The van der Waals surface area contributed by atoms with Gasteiger partial charge >= 0.3 is 7.12 Å². The summed E-state index contributed by atoms with van der Waals surface area (Å²) in [6.45, 7) is 10.4. The monoisotopic (exact) mass is 458 g/mol. The molecule has 2 aliphatic rings. The van der Waals surface area contributed by atoms with Crippen LogP contribution >= 0.6 is 28.4 Å². The third kappa shape index (κ3) is 3.67. The molecule has 2 aromatic rings. The highest BCUT2D eigenvalue weighted by molar-refractivity contribution is 14.2. The first-order chi connectivity index (χ1) is 11.2. The second-order valence-corrected chi connectivity index (χ2v) is 9.62. The van der Waals surface area contributed by atoms with Crippen molar-refractivity contribution in [3.63, 3.8) is 0 Å². The van der Waals surface area contributed by atoms with E-state index in [0.29, 0.717) is 6.37 Å². The van der Waals surface area contributed by atoms with Gasteiger partial charge in [-0.15, -0.1) is 0 Å². The number of aromatic nitrogens is 2. The second kappa shape index (κ2) is 6.86. The van der Waals surface area contributed by atoms with Gasteiger partial charge in [-0.2, -0.15) is 5.10 Å². The average molecular weight is 458 g/mol. The molecule has 24 heavy (non-hydrogen) atoms. The number of benzene rings is 1. The first-order valence-corrected chi connectivity index (χ1v) is 12.5. The van der Waals surface area contributed by atoms with Gasteiger partial charge in [0.05, 0.1) is 29.3 Å². The van der Waals surface area contributed by atoms with Gasteiger partial charge in [-0.1, -0.05) is 25.3 Å². The second-order valence-electron chi connectivity index (χ2n) is 7.58. The molecule has 0 N–H and O–H groups in total. The van der Waals surface area contributed by atoms with E-state index in [1.54, 1.807) is 0 Å². The minimum Gasteiger partial charge on any atom is -0.399 e. The molecule has 1 saturated carbocycles. The number of fused-ring (bicyclic) bond motifs is 1. The Balaban J connectivity index is 0.000000508. The molecule has 1 aliphatic heterocycles. The molecule has 0 radical (unpaired) electrons. The quantitative estimate of drug-likeness (QED) is 0.375. The van der Waals surface area contributed by atoms with Gasteiger partial charge in [0.25, 0.3) is 0 Å². The maximum Gasteiger partial charge on any atom is 0.495 e. The van der Waals surface area contributed by atoms with Gasteiger partial charge in [0, 0.05) is 5.39 Å². The SMILES string of the molecule is C1CC1.Cc1cc(B2OC(C)(C)C(C)(C)O2)c2cnn(PI)c2c1. The number of rotatable bonds is 2. The van der Waals surface area contributed by atoms with Crippen LogP contribution in [0.3, 0.4) is 0 Å². The molecule has 2 heterocycles. The summed E-state index contributed by atoms with van der Waals surface area (Å²) in [6.07, 6.45) is 7.00. The van der Waals surface area contributed by atoms with E-state index < -0.39 is 0 Å². The van der Waals surface area contributed by atoms with Crippen LogP contribution < -0.4 is 5.46 Å². The van der Waals surface area contributed by atoms with Crippen molar-refractivity contribution in [2.45, 2.75) is 65.1 Å². The van der Waals surface area contributed by atoms with Crippen LogP contribution in [0.4, 0.5) is 0 Å². The van der Waals surface area contributed by atoms with Crippen molar-refractivity contribution < 1.29 is 9.31 Å². The normalized spacial score (nSPS) is 21.3. The Labute approximate surface area is 159 Å². The number of aryl methyl sites for hydroxylation is 1. The summed E-state index contributed by atoms with van der Waals surface area (Å²) in [5, 5.41) is 5.58. The predicted octanol–water partition coefficient (Wildman–Crippen LogP) is 4.61. The molecule has 4 rings (SSSR count). The summed E-state index contributed by atoms with van der Waals surface area (Å²) in [6, 6.07) is 4.32. The van der Waals surface area contributed by atoms with Gasteiger partial charge < -0.3 is 9.31 Å². The molecule has 1 saturated heterocycles. The number of hydrogen-bond donors (Lipinski definition) is 0. The molecular weight excluding hydrogens is 433 g/mol. The smallest absolute Gasteiger partial charge is 0.399 e. The lowest BCUT2D eigenvalue weighted by Crippen LogP contribution is -2.41. The van der Waals surface area contributed by atoms with Crippen molar-refractivity contribution >= 4 is 51.9 Å². The lowest BCUT2D eigenvalue weighted by Gasteiger charge is -2.32. The maximum atomic E-state index is 6.20. The Morgan fingerprint density at radius 3 is 2.21 bits per heavy atom. The minimum absolute atomic E-state index is 0.325. The summed E-state index contributed by atoms with van der Waals surface area (Å²) >= 11 is 2.35. The highest BCUT2D eigenvalue weighted by Crippen LogP contribution is 2.37. The zero-order chi connectivity index (χ0) is 17.5. The van der Waals surface area contributed by atoms with Gasteiger partial charge in [0.2, 0.25) is 0 Å². The predicted molar refractivity (Wildman–Crippen MR) is 112 cm³/mol. The van der Waals surface area contributed by atoms with E-state index in [1.165, 1.54) is 24.8 Å². The van der Waals surface area contributed by atoms with Gasteiger partial charge in [0.1, 0.15) is 0 Å². The van der Waals surface area contributed by atoms with Crippen LogP contribution in [0.5, 0.6) is 0 Å². The molecule has 0 bridgehead atoms. The van der Waals surface area contributed by atoms with E-state index >= 15 is 0 Å².